The van der Waals surface area contributed by atoms with E-state index in [-0.39, 0.29) is 0 Å². The fourth-order valence-corrected chi connectivity index (χ4v) is 1.66. The Morgan fingerprint density at radius 3 is 2.33 bits per heavy atom. The van der Waals surface area contributed by atoms with E-state index in [0.29, 0.717) is 6.61 Å². The van der Waals surface area contributed by atoms with Gasteiger partial charge in [0.1, 0.15) is 0 Å². The van der Waals surface area contributed by atoms with E-state index in [1.165, 1.54) is 38.8 Å². The van der Waals surface area contributed by atoms with Crippen LogP contribution in [0.4, 0.5) is 0 Å². The second kappa shape index (κ2) is 6.44. The molecule has 2 nitrogen and oxygen atoms in total. The van der Waals surface area contributed by atoms with Gasteiger partial charge in [-0.15, -0.1) is 0 Å². The minimum atomic E-state index is 0.605. The smallest absolute Gasteiger partial charge is 0.0593 e. The largest absolute Gasteiger partial charge is 0.380 e. The SMILES string of the molecule is [CH2]COCCN1CCCCCC1. The highest BCUT2D eigenvalue weighted by atomic mass is 16.5. The first-order chi connectivity index (χ1) is 5.93. The quantitative estimate of drug-likeness (QED) is 0.596. The number of hydrogen-bond acceptors (Lipinski definition) is 2. The molecule has 0 bridgehead atoms. The molecule has 1 heterocycles. The Kier molecular flexibility index (Phi) is 5.37. The third-order valence-electron chi connectivity index (χ3n) is 2.39. The summed E-state index contributed by atoms with van der Waals surface area (Å²) in [6, 6.07) is 0. The van der Waals surface area contributed by atoms with E-state index in [9.17, 15) is 0 Å². The summed E-state index contributed by atoms with van der Waals surface area (Å²) in [6.07, 6.45) is 5.55. The first-order valence-corrected chi connectivity index (χ1v) is 5.03. The molecule has 0 atom stereocenters. The molecule has 71 valence electrons. The second-order valence-corrected chi connectivity index (χ2v) is 3.37. The molecule has 0 aromatic rings. The monoisotopic (exact) mass is 170 g/mol. The molecular weight excluding hydrogens is 150 g/mol. The van der Waals surface area contributed by atoms with Gasteiger partial charge in [-0.3, -0.25) is 0 Å². The van der Waals surface area contributed by atoms with Crippen molar-refractivity contribution in [2.24, 2.45) is 0 Å². The van der Waals surface area contributed by atoms with Crippen LogP contribution in [0.1, 0.15) is 25.7 Å². The van der Waals surface area contributed by atoms with Gasteiger partial charge in [-0.25, -0.2) is 0 Å². The van der Waals surface area contributed by atoms with Crippen LogP contribution in [0, 0.1) is 6.92 Å². The summed E-state index contributed by atoms with van der Waals surface area (Å²) >= 11 is 0. The summed E-state index contributed by atoms with van der Waals surface area (Å²) in [4.78, 5) is 2.50. The molecule has 2 heteroatoms. The van der Waals surface area contributed by atoms with E-state index in [1.54, 1.807) is 0 Å². The second-order valence-electron chi connectivity index (χ2n) is 3.37. The van der Waals surface area contributed by atoms with Crippen molar-refractivity contribution in [1.29, 1.82) is 0 Å². The Balaban J connectivity index is 2.04. The average Bonchev–Trinajstić information content (AvgIpc) is 2.33. The van der Waals surface area contributed by atoms with Crippen LogP contribution in [-0.4, -0.2) is 37.7 Å². The van der Waals surface area contributed by atoms with Crippen LogP contribution >= 0.6 is 0 Å². The van der Waals surface area contributed by atoms with E-state index >= 15 is 0 Å². The molecule has 1 aliphatic heterocycles. The first kappa shape index (κ1) is 10.0. The van der Waals surface area contributed by atoms with Gasteiger partial charge in [0.15, 0.2) is 0 Å². The molecule has 0 aromatic heterocycles. The van der Waals surface area contributed by atoms with Crippen LogP contribution in [0.25, 0.3) is 0 Å². The Morgan fingerprint density at radius 2 is 1.75 bits per heavy atom. The van der Waals surface area contributed by atoms with Crippen molar-refractivity contribution in [3.8, 4) is 0 Å². The summed E-state index contributed by atoms with van der Waals surface area (Å²) in [7, 11) is 0. The highest BCUT2D eigenvalue weighted by Gasteiger charge is 2.07. The van der Waals surface area contributed by atoms with Gasteiger partial charge in [0.2, 0.25) is 0 Å². The standard InChI is InChI=1S/C10H20NO/c1-2-12-10-9-11-7-5-3-4-6-8-11/h1-10H2. The maximum atomic E-state index is 5.22. The zero-order chi connectivity index (χ0) is 8.65. The number of rotatable bonds is 4. The van der Waals surface area contributed by atoms with E-state index in [4.69, 9.17) is 4.74 Å². The Morgan fingerprint density at radius 1 is 1.08 bits per heavy atom. The van der Waals surface area contributed by atoms with E-state index in [2.05, 4.69) is 11.8 Å². The van der Waals surface area contributed by atoms with Crippen molar-refractivity contribution >= 4 is 0 Å². The fourth-order valence-electron chi connectivity index (χ4n) is 1.66. The van der Waals surface area contributed by atoms with Gasteiger partial charge in [0, 0.05) is 13.2 Å². The fraction of sp³-hybridized carbons (Fsp3) is 0.900. The van der Waals surface area contributed by atoms with Gasteiger partial charge in [0.05, 0.1) is 6.61 Å². The van der Waals surface area contributed by atoms with Gasteiger partial charge in [-0.1, -0.05) is 12.8 Å². The minimum absolute atomic E-state index is 0.605. The topological polar surface area (TPSA) is 12.5 Å². The molecule has 0 unspecified atom stereocenters. The molecule has 1 fully saturated rings. The predicted molar refractivity (Wildman–Crippen MR) is 51.1 cm³/mol. The van der Waals surface area contributed by atoms with Crippen molar-refractivity contribution in [3.05, 3.63) is 6.92 Å². The average molecular weight is 170 g/mol. The lowest BCUT2D eigenvalue weighted by Gasteiger charge is -2.18. The zero-order valence-electron chi connectivity index (χ0n) is 7.93. The zero-order valence-corrected chi connectivity index (χ0v) is 7.93. The van der Waals surface area contributed by atoms with Crippen LogP contribution in [0.2, 0.25) is 0 Å². The summed E-state index contributed by atoms with van der Waals surface area (Å²) in [5.74, 6) is 0. The number of hydrogen-bond donors (Lipinski definition) is 0. The van der Waals surface area contributed by atoms with Crippen LogP contribution in [0.15, 0.2) is 0 Å². The lowest BCUT2D eigenvalue weighted by molar-refractivity contribution is 0.124. The van der Waals surface area contributed by atoms with Crippen LogP contribution < -0.4 is 0 Å². The Hall–Kier alpha value is -0.0800. The van der Waals surface area contributed by atoms with Gasteiger partial charge in [-0.2, -0.15) is 0 Å². The minimum Gasteiger partial charge on any atom is -0.380 e. The molecule has 1 rings (SSSR count). The van der Waals surface area contributed by atoms with Crippen molar-refractivity contribution in [1.82, 2.24) is 4.90 Å². The van der Waals surface area contributed by atoms with Gasteiger partial charge < -0.3 is 9.64 Å². The number of likely N-dealkylation sites (tertiary alicyclic amines) is 1. The molecule has 1 aliphatic rings. The first-order valence-electron chi connectivity index (χ1n) is 5.03. The van der Waals surface area contributed by atoms with Crippen molar-refractivity contribution in [2.45, 2.75) is 25.7 Å². The summed E-state index contributed by atoms with van der Waals surface area (Å²) in [6.45, 7) is 8.72. The highest BCUT2D eigenvalue weighted by Crippen LogP contribution is 2.08. The summed E-state index contributed by atoms with van der Waals surface area (Å²) < 4.78 is 5.22. The van der Waals surface area contributed by atoms with Gasteiger partial charge in [0.25, 0.3) is 0 Å². The maximum Gasteiger partial charge on any atom is 0.0593 e. The van der Waals surface area contributed by atoms with Crippen LogP contribution in [-0.2, 0) is 4.74 Å². The van der Waals surface area contributed by atoms with Crippen LogP contribution in [0.3, 0.4) is 0 Å². The third kappa shape index (κ3) is 4.07. The van der Waals surface area contributed by atoms with Crippen molar-refractivity contribution in [2.75, 3.05) is 32.8 Å². The van der Waals surface area contributed by atoms with Gasteiger partial charge >= 0.3 is 0 Å². The normalized spacial score (nSPS) is 20.8. The molecule has 12 heavy (non-hydrogen) atoms. The van der Waals surface area contributed by atoms with E-state index in [0.717, 1.165) is 13.2 Å². The van der Waals surface area contributed by atoms with Crippen molar-refractivity contribution in [3.63, 3.8) is 0 Å². The lowest BCUT2D eigenvalue weighted by Crippen LogP contribution is -2.28. The molecule has 0 saturated carbocycles. The summed E-state index contributed by atoms with van der Waals surface area (Å²) in [5.41, 5.74) is 0. The van der Waals surface area contributed by atoms with E-state index < -0.39 is 0 Å². The number of nitrogens with zero attached hydrogens (tertiary/aromatic N) is 1. The highest BCUT2D eigenvalue weighted by molar-refractivity contribution is 4.62. The maximum absolute atomic E-state index is 5.22. The molecule has 1 saturated heterocycles. The van der Waals surface area contributed by atoms with Crippen LogP contribution in [0.5, 0.6) is 0 Å². The molecule has 0 spiro atoms. The van der Waals surface area contributed by atoms with E-state index in [1.807, 2.05) is 0 Å². The van der Waals surface area contributed by atoms with Gasteiger partial charge in [-0.05, 0) is 32.9 Å². The lowest BCUT2D eigenvalue weighted by atomic mass is 10.2. The molecule has 0 N–H and O–H groups in total. The molecule has 0 aliphatic carbocycles. The predicted octanol–water partition coefficient (Wildman–Crippen LogP) is 1.71. The Bertz CT molecular complexity index is 98.0. The molecule has 0 aromatic carbocycles. The van der Waals surface area contributed by atoms with Crippen molar-refractivity contribution < 1.29 is 4.74 Å². The molecular formula is C10H20NO. The Labute approximate surface area is 75.9 Å². The molecule has 1 radical (unpaired) electrons. The number of ether oxygens (including phenoxy) is 1. The molecule has 0 amide bonds. The third-order valence-corrected chi connectivity index (χ3v) is 2.39. The summed E-state index contributed by atoms with van der Waals surface area (Å²) in [5, 5.41) is 0.